The first kappa shape index (κ1) is 17.8. The SMILES string of the molecule is Cc1cccc(NC(=O)N[C@H](C(=O)N(C)C)C(C)(C)C)c1N. The standard InChI is InChI=1S/C16H26N4O2/c1-10-8-7-9-11(12(10)17)18-15(22)19-13(16(2,3)4)14(21)20(5)6/h7-9,13H,17H2,1-6H3,(H2,18,19,22)/t13-/m1/s1. The molecule has 122 valence electrons. The van der Waals surface area contributed by atoms with Crippen LogP contribution in [-0.4, -0.2) is 37.0 Å². The van der Waals surface area contributed by atoms with Crippen molar-refractivity contribution in [1.82, 2.24) is 10.2 Å². The number of anilines is 2. The first-order valence-corrected chi connectivity index (χ1v) is 7.17. The molecule has 0 aromatic heterocycles. The first-order chi connectivity index (χ1) is 10.0. The number of benzene rings is 1. The van der Waals surface area contributed by atoms with Crippen molar-refractivity contribution in [1.29, 1.82) is 0 Å². The molecule has 1 aromatic carbocycles. The van der Waals surface area contributed by atoms with Crippen LogP contribution in [0.4, 0.5) is 16.2 Å². The van der Waals surface area contributed by atoms with Crippen molar-refractivity contribution >= 4 is 23.3 Å². The van der Waals surface area contributed by atoms with E-state index in [2.05, 4.69) is 10.6 Å². The van der Waals surface area contributed by atoms with Gasteiger partial charge in [0.15, 0.2) is 0 Å². The lowest BCUT2D eigenvalue weighted by Crippen LogP contribution is -2.54. The zero-order chi connectivity index (χ0) is 17.1. The molecule has 0 aliphatic carbocycles. The molecule has 1 aromatic rings. The number of hydrogen-bond acceptors (Lipinski definition) is 3. The molecular formula is C16H26N4O2. The number of carbonyl (C=O) groups excluding carboxylic acids is 2. The normalized spacial score (nSPS) is 12.5. The summed E-state index contributed by atoms with van der Waals surface area (Å²) in [6.07, 6.45) is 0. The average Bonchev–Trinajstić information content (AvgIpc) is 2.39. The number of nitrogen functional groups attached to an aromatic ring is 1. The molecule has 4 N–H and O–H groups in total. The van der Waals surface area contributed by atoms with E-state index in [4.69, 9.17) is 5.73 Å². The fourth-order valence-electron chi connectivity index (χ4n) is 1.99. The van der Waals surface area contributed by atoms with Gasteiger partial charge in [-0.05, 0) is 24.0 Å². The molecule has 0 radical (unpaired) electrons. The number of urea groups is 1. The van der Waals surface area contributed by atoms with Crippen LogP contribution >= 0.6 is 0 Å². The zero-order valence-electron chi connectivity index (χ0n) is 14.2. The Bertz CT molecular complexity index is 562. The number of nitrogens with zero attached hydrogens (tertiary/aromatic N) is 1. The third-order valence-corrected chi connectivity index (χ3v) is 3.40. The van der Waals surface area contributed by atoms with Crippen LogP contribution in [-0.2, 0) is 4.79 Å². The summed E-state index contributed by atoms with van der Waals surface area (Å²) in [6, 6.07) is 4.32. The first-order valence-electron chi connectivity index (χ1n) is 7.17. The Morgan fingerprint density at radius 2 is 1.82 bits per heavy atom. The summed E-state index contributed by atoms with van der Waals surface area (Å²) in [5.41, 5.74) is 7.46. The van der Waals surface area contributed by atoms with Gasteiger partial charge in [0.1, 0.15) is 6.04 Å². The summed E-state index contributed by atoms with van der Waals surface area (Å²) in [4.78, 5) is 25.9. The molecule has 0 saturated heterocycles. The fourth-order valence-corrected chi connectivity index (χ4v) is 1.99. The molecule has 1 atom stereocenters. The van der Waals surface area contributed by atoms with Gasteiger partial charge in [-0.15, -0.1) is 0 Å². The van der Waals surface area contributed by atoms with E-state index in [0.717, 1.165) is 5.56 Å². The highest BCUT2D eigenvalue weighted by Crippen LogP contribution is 2.23. The van der Waals surface area contributed by atoms with Gasteiger partial charge in [-0.3, -0.25) is 4.79 Å². The number of nitrogens with two attached hydrogens (primary N) is 1. The van der Waals surface area contributed by atoms with Crippen LogP contribution < -0.4 is 16.4 Å². The number of carbonyl (C=O) groups is 2. The highest BCUT2D eigenvalue weighted by molar-refractivity contribution is 5.96. The van der Waals surface area contributed by atoms with Crippen LogP contribution in [0.2, 0.25) is 0 Å². The van der Waals surface area contributed by atoms with E-state index < -0.39 is 17.5 Å². The Kier molecular flexibility index (Phi) is 5.41. The van der Waals surface area contributed by atoms with Gasteiger partial charge in [0, 0.05) is 14.1 Å². The lowest BCUT2D eigenvalue weighted by atomic mass is 9.86. The fraction of sp³-hybridized carbons (Fsp3) is 0.500. The minimum absolute atomic E-state index is 0.153. The van der Waals surface area contributed by atoms with Crippen molar-refractivity contribution in [3.8, 4) is 0 Å². The van der Waals surface area contributed by atoms with Crippen LogP contribution in [0.25, 0.3) is 0 Å². The zero-order valence-corrected chi connectivity index (χ0v) is 14.2. The van der Waals surface area contributed by atoms with Gasteiger partial charge in [-0.1, -0.05) is 32.9 Å². The predicted molar refractivity (Wildman–Crippen MR) is 89.7 cm³/mol. The van der Waals surface area contributed by atoms with Crippen molar-refractivity contribution in [3.63, 3.8) is 0 Å². The molecule has 0 aliphatic heterocycles. The van der Waals surface area contributed by atoms with Crippen LogP contribution in [0, 0.1) is 12.3 Å². The lowest BCUT2D eigenvalue weighted by Gasteiger charge is -2.32. The van der Waals surface area contributed by atoms with Gasteiger partial charge >= 0.3 is 6.03 Å². The molecule has 0 heterocycles. The summed E-state index contributed by atoms with van der Waals surface area (Å²) in [7, 11) is 3.33. The maximum Gasteiger partial charge on any atom is 0.319 e. The van der Waals surface area contributed by atoms with E-state index >= 15 is 0 Å². The summed E-state index contributed by atoms with van der Waals surface area (Å²) in [6.45, 7) is 7.58. The lowest BCUT2D eigenvalue weighted by molar-refractivity contribution is -0.133. The predicted octanol–water partition coefficient (Wildman–Crippen LogP) is 2.20. The van der Waals surface area contributed by atoms with Gasteiger partial charge < -0.3 is 21.3 Å². The van der Waals surface area contributed by atoms with E-state index in [1.54, 1.807) is 20.2 Å². The van der Waals surface area contributed by atoms with Gasteiger partial charge in [-0.25, -0.2) is 4.79 Å². The second kappa shape index (κ2) is 6.68. The van der Waals surface area contributed by atoms with Gasteiger partial charge in [-0.2, -0.15) is 0 Å². The molecule has 22 heavy (non-hydrogen) atoms. The van der Waals surface area contributed by atoms with E-state index in [9.17, 15) is 9.59 Å². The number of hydrogen-bond donors (Lipinski definition) is 3. The Morgan fingerprint density at radius 3 is 2.32 bits per heavy atom. The molecule has 0 fully saturated rings. The second-order valence-corrected chi connectivity index (χ2v) is 6.67. The maximum absolute atomic E-state index is 12.3. The third-order valence-electron chi connectivity index (χ3n) is 3.40. The monoisotopic (exact) mass is 306 g/mol. The molecule has 1 rings (SSSR count). The molecule has 0 aliphatic rings. The average molecular weight is 306 g/mol. The minimum Gasteiger partial charge on any atom is -0.397 e. The maximum atomic E-state index is 12.3. The Balaban J connectivity index is 2.88. The third kappa shape index (κ3) is 4.38. The number of likely N-dealkylation sites (N-methyl/N-ethyl adjacent to an activating group) is 1. The summed E-state index contributed by atoms with van der Waals surface area (Å²) < 4.78 is 0. The highest BCUT2D eigenvalue weighted by Gasteiger charge is 2.33. The smallest absolute Gasteiger partial charge is 0.319 e. The molecule has 0 spiro atoms. The molecule has 0 bridgehead atoms. The Hall–Kier alpha value is -2.24. The van der Waals surface area contributed by atoms with Crippen LogP contribution in [0.15, 0.2) is 18.2 Å². The number of para-hydroxylation sites is 1. The number of rotatable bonds is 3. The van der Waals surface area contributed by atoms with Gasteiger partial charge in [0.05, 0.1) is 11.4 Å². The molecular weight excluding hydrogens is 280 g/mol. The van der Waals surface area contributed by atoms with Crippen LogP contribution in [0.5, 0.6) is 0 Å². The largest absolute Gasteiger partial charge is 0.397 e. The molecule has 0 unspecified atom stereocenters. The van der Waals surface area contributed by atoms with E-state index in [1.165, 1.54) is 4.90 Å². The number of amides is 3. The van der Waals surface area contributed by atoms with Crippen molar-refractivity contribution in [3.05, 3.63) is 23.8 Å². The number of nitrogens with one attached hydrogen (secondary N) is 2. The van der Waals surface area contributed by atoms with Crippen molar-refractivity contribution in [2.75, 3.05) is 25.1 Å². The van der Waals surface area contributed by atoms with E-state index in [1.807, 2.05) is 39.8 Å². The second-order valence-electron chi connectivity index (χ2n) is 6.67. The number of aryl methyl sites for hydroxylation is 1. The van der Waals surface area contributed by atoms with Crippen molar-refractivity contribution in [2.45, 2.75) is 33.7 Å². The van der Waals surface area contributed by atoms with Gasteiger partial charge in [0.25, 0.3) is 0 Å². The van der Waals surface area contributed by atoms with E-state index in [-0.39, 0.29) is 5.91 Å². The van der Waals surface area contributed by atoms with Crippen LogP contribution in [0.3, 0.4) is 0 Å². The quantitative estimate of drug-likeness (QED) is 0.748. The van der Waals surface area contributed by atoms with Gasteiger partial charge in [0.2, 0.25) is 5.91 Å². The minimum atomic E-state index is -0.631. The summed E-state index contributed by atoms with van der Waals surface area (Å²) in [5.74, 6) is -0.153. The topological polar surface area (TPSA) is 87.5 Å². The molecule has 6 heteroatoms. The molecule has 6 nitrogen and oxygen atoms in total. The molecule has 0 saturated carbocycles. The van der Waals surface area contributed by atoms with E-state index in [0.29, 0.717) is 11.4 Å². The highest BCUT2D eigenvalue weighted by atomic mass is 16.2. The van der Waals surface area contributed by atoms with Crippen LogP contribution in [0.1, 0.15) is 26.3 Å². The van der Waals surface area contributed by atoms with Crippen molar-refractivity contribution < 1.29 is 9.59 Å². The Labute approximate surface area is 132 Å². The van der Waals surface area contributed by atoms with Crippen molar-refractivity contribution in [2.24, 2.45) is 5.41 Å². The summed E-state index contributed by atoms with van der Waals surface area (Å²) >= 11 is 0. The molecule has 3 amide bonds. The summed E-state index contributed by atoms with van der Waals surface area (Å²) in [5, 5.41) is 5.44. The Morgan fingerprint density at radius 1 is 1.23 bits per heavy atom.